The molecule has 0 aliphatic carbocycles. The van der Waals surface area contributed by atoms with Crippen molar-refractivity contribution in [2.75, 3.05) is 52.9 Å². The molecule has 0 saturated carbocycles. The molecule has 168 valence electrons. The first-order valence-electron chi connectivity index (χ1n) is 9.99. The molecule has 1 heterocycles. The highest BCUT2D eigenvalue weighted by Gasteiger charge is 2.31. The minimum Gasteiger partial charge on any atom is -0.357 e. The fraction of sp³-hybridized carbons (Fsp3) is 0.833. The molecule has 29 heavy (non-hydrogen) atoms. The highest BCUT2D eigenvalue weighted by Crippen LogP contribution is 2.15. The molecular weight excluding hydrogens is 389 g/mol. The number of nitrogens with one attached hydrogen (secondary N) is 3. The number of carbonyl (C=O) groups is 2. The van der Waals surface area contributed by atoms with Crippen LogP contribution in [0.5, 0.6) is 0 Å². The van der Waals surface area contributed by atoms with Gasteiger partial charge in [0.15, 0.2) is 5.96 Å². The molecule has 0 spiro atoms. The van der Waals surface area contributed by atoms with Crippen molar-refractivity contribution in [3.63, 3.8) is 0 Å². The first-order chi connectivity index (χ1) is 13.6. The molecule has 1 rings (SSSR count). The molecule has 3 N–H and O–H groups in total. The average molecular weight is 422 g/mol. The third-order valence-electron chi connectivity index (χ3n) is 4.43. The molecule has 0 aromatic carbocycles. The zero-order chi connectivity index (χ0) is 21.9. The van der Waals surface area contributed by atoms with E-state index in [0.717, 1.165) is 39.4 Å². The quantitative estimate of drug-likeness (QED) is 0.373. The lowest BCUT2D eigenvalue weighted by Crippen LogP contribution is -2.50. The number of amides is 2. The Kier molecular flexibility index (Phi) is 10.8. The summed E-state index contributed by atoms with van der Waals surface area (Å²) in [7, 11) is 1.11. The Hall–Kier alpha value is -2.04. The number of piperidine rings is 1. The van der Waals surface area contributed by atoms with E-state index in [1.165, 1.54) is 0 Å². The zero-order valence-electron chi connectivity index (χ0n) is 17.4. The van der Waals surface area contributed by atoms with E-state index in [1.54, 1.807) is 0 Å². The highest BCUT2D eigenvalue weighted by molar-refractivity contribution is 5.85. The molecule has 11 heteroatoms. The summed E-state index contributed by atoms with van der Waals surface area (Å²) in [6.07, 6.45) is -1.93. The fourth-order valence-corrected chi connectivity index (χ4v) is 2.90. The van der Waals surface area contributed by atoms with Crippen LogP contribution in [0, 0.1) is 0 Å². The fourth-order valence-electron chi connectivity index (χ4n) is 2.90. The highest BCUT2D eigenvalue weighted by atomic mass is 19.4. The molecule has 0 unspecified atom stereocenters. The molecule has 0 bridgehead atoms. The minimum atomic E-state index is -4.43. The third kappa shape index (κ3) is 10.9. The first-order valence-corrected chi connectivity index (χ1v) is 9.99. The number of halogens is 3. The van der Waals surface area contributed by atoms with E-state index < -0.39 is 18.6 Å². The van der Waals surface area contributed by atoms with Gasteiger partial charge in [0.05, 0.1) is 6.54 Å². The second kappa shape index (κ2) is 12.5. The summed E-state index contributed by atoms with van der Waals surface area (Å²) in [5.41, 5.74) is 0. The third-order valence-corrected chi connectivity index (χ3v) is 4.43. The Morgan fingerprint density at radius 2 is 1.83 bits per heavy atom. The summed E-state index contributed by atoms with van der Waals surface area (Å²) in [4.78, 5) is 30.5. The molecule has 1 aliphatic rings. The van der Waals surface area contributed by atoms with Gasteiger partial charge in [0.25, 0.3) is 0 Å². The van der Waals surface area contributed by atoms with Crippen LogP contribution < -0.4 is 16.0 Å². The average Bonchev–Trinajstić information content (AvgIpc) is 2.64. The van der Waals surface area contributed by atoms with Crippen molar-refractivity contribution < 1.29 is 22.8 Å². The van der Waals surface area contributed by atoms with Crippen molar-refractivity contribution in [1.82, 2.24) is 25.8 Å². The number of rotatable bonds is 9. The van der Waals surface area contributed by atoms with Crippen LogP contribution in [0.15, 0.2) is 4.99 Å². The van der Waals surface area contributed by atoms with E-state index in [0.29, 0.717) is 30.5 Å². The molecule has 1 fully saturated rings. The van der Waals surface area contributed by atoms with Crippen LogP contribution in [0.1, 0.15) is 33.1 Å². The lowest BCUT2D eigenvalue weighted by molar-refractivity contribution is -0.157. The zero-order valence-corrected chi connectivity index (χ0v) is 17.4. The number of likely N-dealkylation sites (N-methyl/N-ethyl adjacent to an activating group) is 1. The van der Waals surface area contributed by atoms with Gasteiger partial charge in [-0.1, -0.05) is 6.92 Å². The molecule has 0 aromatic heterocycles. The van der Waals surface area contributed by atoms with Crippen molar-refractivity contribution in [3.05, 3.63) is 0 Å². The summed E-state index contributed by atoms with van der Waals surface area (Å²) in [6.45, 7) is 5.34. The van der Waals surface area contributed by atoms with Gasteiger partial charge in [-0.2, -0.15) is 13.2 Å². The number of guanidine groups is 1. The predicted molar refractivity (Wildman–Crippen MR) is 106 cm³/mol. The van der Waals surface area contributed by atoms with Crippen molar-refractivity contribution in [2.24, 2.45) is 4.99 Å². The molecule has 0 radical (unpaired) electrons. The van der Waals surface area contributed by atoms with E-state index in [-0.39, 0.29) is 18.5 Å². The smallest absolute Gasteiger partial charge is 0.357 e. The van der Waals surface area contributed by atoms with E-state index in [1.807, 2.05) is 13.8 Å². The van der Waals surface area contributed by atoms with Crippen LogP contribution in [0.4, 0.5) is 13.2 Å². The SMILES string of the molecule is CCCNC(=O)CN1CCC(NC(=NCC(=O)N(C)CC(F)(F)F)NCC)CC1. The summed E-state index contributed by atoms with van der Waals surface area (Å²) in [5.74, 6) is -0.275. The van der Waals surface area contributed by atoms with Crippen LogP contribution in [-0.4, -0.2) is 92.7 Å². The molecule has 1 saturated heterocycles. The monoisotopic (exact) mass is 422 g/mol. The first kappa shape index (κ1) is 25.0. The second-order valence-electron chi connectivity index (χ2n) is 7.10. The normalized spacial score (nSPS) is 16.4. The van der Waals surface area contributed by atoms with E-state index in [2.05, 4.69) is 25.8 Å². The molecular formula is C18H33F3N6O2. The number of alkyl halides is 3. The van der Waals surface area contributed by atoms with Crippen LogP contribution in [0.2, 0.25) is 0 Å². The maximum atomic E-state index is 12.4. The summed E-state index contributed by atoms with van der Waals surface area (Å²) < 4.78 is 37.2. The lowest BCUT2D eigenvalue weighted by Gasteiger charge is -2.32. The van der Waals surface area contributed by atoms with E-state index in [4.69, 9.17) is 0 Å². The lowest BCUT2D eigenvalue weighted by atomic mass is 10.1. The van der Waals surface area contributed by atoms with Gasteiger partial charge in [-0.3, -0.25) is 14.5 Å². The van der Waals surface area contributed by atoms with Crippen LogP contribution in [0.25, 0.3) is 0 Å². The Labute approximate surface area is 170 Å². The number of nitrogens with zero attached hydrogens (tertiary/aromatic N) is 3. The Bertz CT molecular complexity index is 548. The van der Waals surface area contributed by atoms with Crippen LogP contribution >= 0.6 is 0 Å². The van der Waals surface area contributed by atoms with Gasteiger partial charge >= 0.3 is 6.18 Å². The largest absolute Gasteiger partial charge is 0.406 e. The number of aliphatic imine (C=N–C) groups is 1. The minimum absolute atomic E-state index is 0.0228. The Morgan fingerprint density at radius 3 is 2.38 bits per heavy atom. The number of carbonyl (C=O) groups excluding carboxylic acids is 2. The standard InChI is InChI=1S/C18H33F3N6O2/c1-4-8-23-15(28)12-27-9-6-14(7-10-27)25-17(22-5-2)24-11-16(29)26(3)13-18(19,20)21/h14H,4-13H2,1-3H3,(H,23,28)(H2,22,24,25). The van der Waals surface area contributed by atoms with Crippen molar-refractivity contribution >= 4 is 17.8 Å². The van der Waals surface area contributed by atoms with Gasteiger partial charge in [-0.15, -0.1) is 0 Å². The van der Waals surface area contributed by atoms with Gasteiger partial charge in [0.1, 0.15) is 13.1 Å². The second-order valence-corrected chi connectivity index (χ2v) is 7.10. The molecule has 8 nitrogen and oxygen atoms in total. The van der Waals surface area contributed by atoms with Crippen molar-refractivity contribution in [3.8, 4) is 0 Å². The maximum Gasteiger partial charge on any atom is 0.406 e. The Morgan fingerprint density at radius 1 is 1.17 bits per heavy atom. The van der Waals surface area contributed by atoms with Crippen LogP contribution in [0.3, 0.4) is 0 Å². The molecule has 2 amide bonds. The van der Waals surface area contributed by atoms with Crippen molar-refractivity contribution in [2.45, 2.75) is 45.3 Å². The van der Waals surface area contributed by atoms with Gasteiger partial charge in [0.2, 0.25) is 11.8 Å². The number of hydrogen-bond donors (Lipinski definition) is 3. The van der Waals surface area contributed by atoms with Crippen LogP contribution in [-0.2, 0) is 9.59 Å². The maximum absolute atomic E-state index is 12.4. The summed E-state index contributed by atoms with van der Waals surface area (Å²) in [6, 6.07) is 0.116. The van der Waals surface area contributed by atoms with Gasteiger partial charge in [-0.05, 0) is 26.2 Å². The topological polar surface area (TPSA) is 89.1 Å². The van der Waals surface area contributed by atoms with Gasteiger partial charge < -0.3 is 20.9 Å². The predicted octanol–water partition coefficient (Wildman–Crippen LogP) is 0.553. The summed E-state index contributed by atoms with van der Waals surface area (Å²) >= 11 is 0. The van der Waals surface area contributed by atoms with Gasteiger partial charge in [0, 0.05) is 39.3 Å². The van der Waals surface area contributed by atoms with E-state index in [9.17, 15) is 22.8 Å². The number of likely N-dealkylation sites (tertiary alicyclic amines) is 1. The Balaban J connectivity index is 2.47. The van der Waals surface area contributed by atoms with E-state index >= 15 is 0 Å². The summed E-state index contributed by atoms with van der Waals surface area (Å²) in [5, 5.41) is 9.09. The van der Waals surface area contributed by atoms with Gasteiger partial charge in [-0.25, -0.2) is 4.99 Å². The van der Waals surface area contributed by atoms with Crippen molar-refractivity contribution in [1.29, 1.82) is 0 Å². The number of hydrogen-bond acceptors (Lipinski definition) is 4. The molecule has 1 aliphatic heterocycles. The molecule has 0 atom stereocenters. The molecule has 0 aromatic rings.